The number of carbonyl (C=O) groups excluding carboxylic acids is 2. The highest BCUT2D eigenvalue weighted by Gasteiger charge is 2.44. The molecule has 0 aromatic rings. The molecule has 1 saturated heterocycles. The van der Waals surface area contributed by atoms with Crippen LogP contribution in [0.2, 0.25) is 0 Å². The van der Waals surface area contributed by atoms with E-state index in [9.17, 15) is 30.0 Å². The van der Waals surface area contributed by atoms with E-state index in [2.05, 4.69) is 48.6 Å². The van der Waals surface area contributed by atoms with Gasteiger partial charge in [-0.1, -0.05) is 99.3 Å². The molecular weight excluding hydrogens is 640 g/mol. The minimum absolute atomic E-state index is 0.206. The number of esters is 2. The Hall–Kier alpha value is -2.60. The summed E-state index contributed by atoms with van der Waals surface area (Å²) >= 11 is 0. The smallest absolute Gasteiger partial charge is 0.306 e. The zero-order valence-corrected chi connectivity index (χ0v) is 30.6. The summed E-state index contributed by atoms with van der Waals surface area (Å²) in [7, 11) is 0. The molecule has 10 heteroatoms. The Morgan fingerprint density at radius 2 is 1.12 bits per heavy atom. The Morgan fingerprint density at radius 3 is 1.68 bits per heavy atom. The van der Waals surface area contributed by atoms with Crippen LogP contribution >= 0.6 is 0 Å². The fourth-order valence-corrected chi connectivity index (χ4v) is 5.28. The zero-order valence-electron chi connectivity index (χ0n) is 30.6. The summed E-state index contributed by atoms with van der Waals surface area (Å²) in [6.07, 6.45) is 28.3. The van der Waals surface area contributed by atoms with Crippen LogP contribution < -0.4 is 0 Å². The highest BCUT2D eigenvalue weighted by atomic mass is 16.7. The van der Waals surface area contributed by atoms with Crippen molar-refractivity contribution in [3.8, 4) is 0 Å². The second-order valence-electron chi connectivity index (χ2n) is 12.7. The third-order valence-corrected chi connectivity index (χ3v) is 8.31. The minimum atomic E-state index is -1.60. The van der Waals surface area contributed by atoms with Crippen molar-refractivity contribution >= 4 is 11.9 Å². The lowest BCUT2D eigenvalue weighted by Gasteiger charge is -2.39. The van der Waals surface area contributed by atoms with Crippen LogP contribution in [0.3, 0.4) is 0 Å². The molecule has 1 aliphatic rings. The summed E-state index contributed by atoms with van der Waals surface area (Å²) in [4.78, 5) is 25.1. The van der Waals surface area contributed by atoms with Crippen LogP contribution in [0.1, 0.15) is 123 Å². The van der Waals surface area contributed by atoms with Gasteiger partial charge >= 0.3 is 11.9 Å². The summed E-state index contributed by atoms with van der Waals surface area (Å²) in [6, 6.07) is 0. The average molecular weight is 707 g/mol. The quantitative estimate of drug-likeness (QED) is 0.0375. The van der Waals surface area contributed by atoms with E-state index < -0.39 is 55.4 Å². The highest BCUT2D eigenvalue weighted by Crippen LogP contribution is 2.22. The van der Waals surface area contributed by atoms with Gasteiger partial charge in [0.2, 0.25) is 0 Å². The largest absolute Gasteiger partial charge is 0.462 e. The normalized spacial score (nSPS) is 22.1. The van der Waals surface area contributed by atoms with Crippen molar-refractivity contribution in [1.82, 2.24) is 0 Å². The van der Waals surface area contributed by atoms with Crippen molar-refractivity contribution in [3.63, 3.8) is 0 Å². The molecule has 1 aliphatic heterocycles. The first-order valence-electron chi connectivity index (χ1n) is 18.8. The van der Waals surface area contributed by atoms with Crippen molar-refractivity contribution in [2.45, 2.75) is 160 Å². The third-order valence-electron chi connectivity index (χ3n) is 8.31. The van der Waals surface area contributed by atoms with Gasteiger partial charge in [-0.25, -0.2) is 0 Å². The number of aliphatic hydroxyl groups excluding tert-OH is 4. The van der Waals surface area contributed by atoms with E-state index in [0.717, 1.165) is 83.5 Å². The van der Waals surface area contributed by atoms with Gasteiger partial charge < -0.3 is 39.4 Å². The van der Waals surface area contributed by atoms with Gasteiger partial charge in [-0.05, 0) is 71.6 Å². The number of rotatable bonds is 29. The molecule has 0 amide bonds. The number of aliphatic hydroxyl groups is 4. The summed E-state index contributed by atoms with van der Waals surface area (Å²) < 4.78 is 22.0. The number of hydrogen-bond acceptors (Lipinski definition) is 10. The molecule has 4 N–H and O–H groups in total. The van der Waals surface area contributed by atoms with Crippen molar-refractivity contribution in [3.05, 3.63) is 60.8 Å². The third kappa shape index (κ3) is 23.0. The molecule has 50 heavy (non-hydrogen) atoms. The topological polar surface area (TPSA) is 152 Å². The van der Waals surface area contributed by atoms with E-state index in [4.69, 9.17) is 18.9 Å². The van der Waals surface area contributed by atoms with Crippen molar-refractivity contribution in [1.29, 1.82) is 0 Å². The van der Waals surface area contributed by atoms with Gasteiger partial charge in [-0.3, -0.25) is 9.59 Å². The summed E-state index contributed by atoms with van der Waals surface area (Å²) in [6.45, 7) is 2.91. The van der Waals surface area contributed by atoms with Gasteiger partial charge in [0.1, 0.15) is 31.0 Å². The molecule has 0 unspecified atom stereocenters. The monoisotopic (exact) mass is 706 g/mol. The lowest BCUT2D eigenvalue weighted by atomic mass is 9.99. The summed E-state index contributed by atoms with van der Waals surface area (Å²) in [5.74, 6) is -0.855. The number of hydrogen-bond donors (Lipinski definition) is 4. The van der Waals surface area contributed by atoms with E-state index in [0.29, 0.717) is 12.8 Å². The molecule has 6 atom stereocenters. The molecule has 0 aromatic carbocycles. The van der Waals surface area contributed by atoms with Gasteiger partial charge in [0.25, 0.3) is 0 Å². The van der Waals surface area contributed by atoms with Crippen LogP contribution in [0.4, 0.5) is 0 Å². The summed E-state index contributed by atoms with van der Waals surface area (Å²) in [5, 5.41) is 39.9. The Morgan fingerprint density at radius 1 is 0.620 bits per heavy atom. The average Bonchev–Trinajstić information content (AvgIpc) is 3.11. The predicted octanol–water partition coefficient (Wildman–Crippen LogP) is 6.71. The highest BCUT2D eigenvalue weighted by molar-refractivity contribution is 5.70. The van der Waals surface area contributed by atoms with E-state index in [1.54, 1.807) is 0 Å². The molecule has 0 aromatic heterocycles. The van der Waals surface area contributed by atoms with Gasteiger partial charge in [0, 0.05) is 12.8 Å². The predicted molar refractivity (Wildman–Crippen MR) is 196 cm³/mol. The van der Waals surface area contributed by atoms with Crippen LogP contribution in [0.5, 0.6) is 0 Å². The maximum absolute atomic E-state index is 12.7. The molecule has 0 aliphatic carbocycles. The van der Waals surface area contributed by atoms with Crippen LogP contribution in [-0.2, 0) is 28.5 Å². The number of allylic oxidation sites excluding steroid dienone is 10. The first-order valence-corrected chi connectivity index (χ1v) is 18.8. The number of unbranched alkanes of at least 4 members (excludes halogenated alkanes) is 10. The van der Waals surface area contributed by atoms with E-state index in [-0.39, 0.29) is 26.1 Å². The molecule has 10 nitrogen and oxygen atoms in total. The van der Waals surface area contributed by atoms with Crippen LogP contribution in [0.25, 0.3) is 0 Å². The van der Waals surface area contributed by atoms with Gasteiger partial charge in [0.15, 0.2) is 12.4 Å². The molecule has 286 valence electrons. The van der Waals surface area contributed by atoms with E-state index >= 15 is 0 Å². The Labute approximate surface area is 300 Å². The second-order valence-corrected chi connectivity index (χ2v) is 12.7. The fraction of sp³-hybridized carbons (Fsp3) is 0.700. The molecule has 1 fully saturated rings. The SMILES string of the molecule is C/C=C\C/C=C/CCCCCCCC(=O)O[C@H](COC(=O)CCCCCCC/C=C\C/C=C/C/C=C/C)CO[C@@H]1O[C@H](CO)[C@H](O)[C@H](O)[C@H]1O. The molecule has 1 heterocycles. The lowest BCUT2D eigenvalue weighted by Crippen LogP contribution is -2.59. The van der Waals surface area contributed by atoms with Gasteiger partial charge in [-0.15, -0.1) is 0 Å². The second kappa shape index (κ2) is 31.2. The zero-order chi connectivity index (χ0) is 36.7. The van der Waals surface area contributed by atoms with E-state index in [1.165, 1.54) is 0 Å². The summed E-state index contributed by atoms with van der Waals surface area (Å²) in [5.41, 5.74) is 0. The standard InChI is InChI=1S/C40H66O10/c1-3-5-7-9-11-13-15-16-17-19-20-22-24-26-28-35(42)47-31-33(32-48-40-39(46)38(45)37(44)34(30-41)50-40)49-36(43)29-27-25-23-21-18-14-12-10-8-6-4-2/h3-6,9-12,15-16,33-34,37-41,44-46H,7-8,13-14,17-32H2,1-2H3/b5-3+,6-4-,11-9+,12-10+,16-15-/t33-,34-,37+,38+,39-,40-/m1/s1. The van der Waals surface area contributed by atoms with Crippen LogP contribution in [0, 0.1) is 0 Å². The van der Waals surface area contributed by atoms with Crippen LogP contribution in [0.15, 0.2) is 60.8 Å². The Bertz CT molecular complexity index is 1000. The molecule has 0 radical (unpaired) electrons. The molecule has 0 saturated carbocycles. The first-order chi connectivity index (χ1) is 24.3. The molecule has 1 rings (SSSR count). The fourth-order valence-electron chi connectivity index (χ4n) is 5.28. The molecule has 0 bridgehead atoms. The van der Waals surface area contributed by atoms with Gasteiger partial charge in [-0.2, -0.15) is 0 Å². The lowest BCUT2D eigenvalue weighted by molar-refractivity contribution is -0.305. The maximum Gasteiger partial charge on any atom is 0.306 e. The first kappa shape index (κ1) is 45.4. The Balaban J connectivity index is 2.42. The van der Waals surface area contributed by atoms with Crippen LogP contribution in [-0.4, -0.2) is 89.0 Å². The van der Waals surface area contributed by atoms with Crippen molar-refractivity contribution in [2.75, 3.05) is 19.8 Å². The number of ether oxygens (including phenoxy) is 4. The number of carbonyl (C=O) groups is 2. The van der Waals surface area contributed by atoms with Gasteiger partial charge in [0.05, 0.1) is 13.2 Å². The minimum Gasteiger partial charge on any atom is -0.462 e. The molecule has 0 spiro atoms. The maximum atomic E-state index is 12.7. The van der Waals surface area contributed by atoms with E-state index in [1.807, 2.05) is 26.0 Å². The van der Waals surface area contributed by atoms with Crippen molar-refractivity contribution < 1.29 is 49.0 Å². The Kier molecular flexibility index (Phi) is 28.3. The molecular formula is C40H66O10. The van der Waals surface area contributed by atoms with Crippen molar-refractivity contribution in [2.24, 2.45) is 0 Å².